The smallest absolute Gasteiger partial charge is 0.331 e. The van der Waals surface area contributed by atoms with Crippen LogP contribution < -0.4 is 21.7 Å². The number of ether oxygens (including phenoxy) is 2. The summed E-state index contributed by atoms with van der Waals surface area (Å²) in [5.74, 6) is -1.19. The molecule has 0 radical (unpaired) electrons. The number of Topliss-reactive ketones (excluding diaryl/α,β-unsaturated/α-hetero) is 1. The number of nitrogen functional groups attached to an aromatic ring is 1. The van der Waals surface area contributed by atoms with Crippen LogP contribution in [0.15, 0.2) is 39.9 Å². The molecular weight excluding hydrogens is 366 g/mol. The van der Waals surface area contributed by atoms with Crippen LogP contribution in [0.5, 0.6) is 5.75 Å². The van der Waals surface area contributed by atoms with Gasteiger partial charge in [0, 0.05) is 12.6 Å². The summed E-state index contributed by atoms with van der Waals surface area (Å²) < 4.78 is 11.1. The van der Waals surface area contributed by atoms with Crippen LogP contribution in [0.4, 0.5) is 5.82 Å². The van der Waals surface area contributed by atoms with Gasteiger partial charge in [-0.2, -0.15) is 0 Å². The van der Waals surface area contributed by atoms with Crippen molar-refractivity contribution in [1.29, 1.82) is 0 Å². The predicted octanol–water partition coefficient (Wildman–Crippen LogP) is 0.977. The molecule has 0 aliphatic heterocycles. The average molecular weight is 387 g/mol. The Hall–Kier alpha value is -3.62. The van der Waals surface area contributed by atoms with Crippen molar-refractivity contribution in [2.75, 3.05) is 19.5 Å². The lowest BCUT2D eigenvalue weighted by molar-refractivity contribution is -0.136. The number of esters is 1. The van der Waals surface area contributed by atoms with E-state index in [2.05, 4.69) is 0 Å². The summed E-state index contributed by atoms with van der Waals surface area (Å²) in [7, 11) is 1.53. The molecule has 148 valence electrons. The Bertz CT molecular complexity index is 1020. The number of nitrogens with one attached hydrogen (secondary N) is 1. The molecule has 3 N–H and O–H groups in total. The van der Waals surface area contributed by atoms with Crippen LogP contribution in [0.1, 0.15) is 29.3 Å². The molecule has 0 atom stereocenters. The third-order valence-electron chi connectivity index (χ3n) is 3.82. The molecule has 1 aromatic heterocycles. The molecule has 1 aromatic carbocycles. The monoisotopic (exact) mass is 387 g/mol. The average Bonchev–Trinajstić information content (AvgIpc) is 2.68. The lowest BCUT2D eigenvalue weighted by atomic mass is 10.2. The van der Waals surface area contributed by atoms with Gasteiger partial charge >= 0.3 is 11.7 Å². The van der Waals surface area contributed by atoms with Crippen molar-refractivity contribution < 1.29 is 19.1 Å². The van der Waals surface area contributed by atoms with Crippen LogP contribution in [-0.2, 0) is 16.1 Å². The van der Waals surface area contributed by atoms with E-state index in [0.29, 0.717) is 17.7 Å². The van der Waals surface area contributed by atoms with E-state index in [1.54, 1.807) is 24.3 Å². The molecule has 1 heterocycles. The van der Waals surface area contributed by atoms with Gasteiger partial charge in [-0.15, -0.1) is 0 Å². The lowest BCUT2D eigenvalue weighted by Gasteiger charge is -2.10. The number of rotatable bonds is 8. The highest BCUT2D eigenvalue weighted by Crippen LogP contribution is 2.13. The molecule has 0 bridgehead atoms. The number of hydrogen-bond acceptors (Lipinski definition) is 7. The molecule has 0 unspecified atom stereocenters. The number of carbonyl (C=O) groups is 2. The van der Waals surface area contributed by atoms with E-state index in [4.69, 9.17) is 15.2 Å². The van der Waals surface area contributed by atoms with Crippen molar-refractivity contribution in [2.24, 2.45) is 0 Å². The number of methoxy groups -OCH3 is 1. The fraction of sp³-hybridized carbons (Fsp3) is 0.263. The Kier molecular flexibility index (Phi) is 6.91. The quantitative estimate of drug-likeness (QED) is 0.392. The number of nitrogens with two attached hydrogens (primary N) is 1. The van der Waals surface area contributed by atoms with E-state index in [1.165, 1.54) is 13.2 Å². The van der Waals surface area contributed by atoms with E-state index in [0.717, 1.165) is 10.6 Å². The van der Waals surface area contributed by atoms with Gasteiger partial charge in [0.1, 0.15) is 17.1 Å². The third-order valence-corrected chi connectivity index (χ3v) is 3.82. The summed E-state index contributed by atoms with van der Waals surface area (Å²) in [4.78, 5) is 49.9. The summed E-state index contributed by atoms with van der Waals surface area (Å²) in [6.45, 7) is 1.37. The highest BCUT2D eigenvalue weighted by molar-refractivity contribution is 6.01. The molecule has 0 saturated heterocycles. The summed E-state index contributed by atoms with van der Waals surface area (Å²) >= 11 is 0. The maximum Gasteiger partial charge on any atom is 0.331 e. The maximum atomic E-state index is 12.3. The fourth-order valence-corrected chi connectivity index (χ4v) is 2.47. The summed E-state index contributed by atoms with van der Waals surface area (Å²) in [5, 5.41) is 0. The van der Waals surface area contributed by atoms with E-state index < -0.39 is 35.2 Å². The number of ketones is 1. The van der Waals surface area contributed by atoms with Crippen LogP contribution in [-0.4, -0.2) is 35.0 Å². The van der Waals surface area contributed by atoms with Gasteiger partial charge < -0.3 is 15.2 Å². The Labute approximate surface area is 160 Å². The van der Waals surface area contributed by atoms with Crippen LogP contribution in [0.2, 0.25) is 0 Å². The van der Waals surface area contributed by atoms with Gasteiger partial charge in [-0.05, 0) is 30.2 Å². The minimum atomic E-state index is -0.914. The largest absolute Gasteiger partial charge is 0.497 e. The normalized spacial score (nSPS) is 10.8. The van der Waals surface area contributed by atoms with Crippen molar-refractivity contribution in [2.45, 2.75) is 19.9 Å². The number of aromatic nitrogens is 2. The molecule has 28 heavy (non-hydrogen) atoms. The molecule has 0 fully saturated rings. The van der Waals surface area contributed by atoms with E-state index in [9.17, 15) is 19.2 Å². The minimum Gasteiger partial charge on any atom is -0.497 e. The van der Waals surface area contributed by atoms with Gasteiger partial charge in [-0.3, -0.25) is 19.1 Å². The fourth-order valence-electron chi connectivity index (χ4n) is 2.47. The summed E-state index contributed by atoms with van der Waals surface area (Å²) in [5.41, 5.74) is 4.49. The summed E-state index contributed by atoms with van der Waals surface area (Å²) in [6.07, 6.45) is 3.22. The van der Waals surface area contributed by atoms with E-state index >= 15 is 0 Å². The van der Waals surface area contributed by atoms with Crippen LogP contribution >= 0.6 is 0 Å². The van der Waals surface area contributed by atoms with Crippen molar-refractivity contribution in [3.05, 3.63) is 62.3 Å². The number of nitrogens with zero attached hydrogens (tertiary/aromatic N) is 1. The van der Waals surface area contributed by atoms with Crippen LogP contribution in [0, 0.1) is 0 Å². The number of carbonyl (C=O) groups excluding carboxylic acids is 2. The second kappa shape index (κ2) is 9.36. The van der Waals surface area contributed by atoms with Crippen molar-refractivity contribution in [3.8, 4) is 5.75 Å². The summed E-state index contributed by atoms with van der Waals surface area (Å²) in [6, 6.07) is 6.99. The van der Waals surface area contributed by atoms with Crippen molar-refractivity contribution in [1.82, 2.24) is 9.55 Å². The zero-order valence-electron chi connectivity index (χ0n) is 15.6. The first-order valence-corrected chi connectivity index (χ1v) is 8.52. The van der Waals surface area contributed by atoms with Crippen LogP contribution in [0.3, 0.4) is 0 Å². The number of anilines is 1. The second-order valence-corrected chi connectivity index (χ2v) is 5.81. The van der Waals surface area contributed by atoms with Gasteiger partial charge in [0.15, 0.2) is 6.61 Å². The van der Waals surface area contributed by atoms with E-state index in [-0.39, 0.29) is 12.4 Å². The zero-order chi connectivity index (χ0) is 20.7. The number of hydrogen-bond donors (Lipinski definition) is 2. The van der Waals surface area contributed by atoms with E-state index in [1.807, 2.05) is 11.9 Å². The molecule has 2 aromatic rings. The topological polar surface area (TPSA) is 133 Å². The van der Waals surface area contributed by atoms with Crippen LogP contribution in [0.25, 0.3) is 6.08 Å². The molecule has 9 heteroatoms. The zero-order valence-corrected chi connectivity index (χ0v) is 15.6. The van der Waals surface area contributed by atoms with Gasteiger partial charge in [0.25, 0.3) is 5.56 Å². The molecule has 0 aliphatic rings. The van der Waals surface area contributed by atoms with Gasteiger partial charge in [0.2, 0.25) is 5.78 Å². The van der Waals surface area contributed by atoms with Gasteiger partial charge in [0.05, 0.1) is 7.11 Å². The Morgan fingerprint density at radius 2 is 2.04 bits per heavy atom. The maximum absolute atomic E-state index is 12.3. The molecule has 0 aliphatic carbocycles. The minimum absolute atomic E-state index is 0.241. The van der Waals surface area contributed by atoms with Gasteiger partial charge in [-0.25, -0.2) is 9.59 Å². The second-order valence-electron chi connectivity index (χ2n) is 5.81. The molecular formula is C19H21N3O6. The predicted molar refractivity (Wildman–Crippen MR) is 103 cm³/mol. The Morgan fingerprint density at radius 3 is 2.71 bits per heavy atom. The number of H-pyrrole nitrogens is 1. The molecule has 9 nitrogen and oxygen atoms in total. The first-order chi connectivity index (χ1) is 13.4. The molecule has 0 spiro atoms. The standard InChI is InChI=1S/C19H21N3O6/c1-3-9-22-17(20)16(18(25)21-19(22)26)14(23)11-28-15(24)8-7-12-5-4-6-13(10-12)27-2/h4-8,10H,3,9,11,20H2,1-2H3,(H,21,25,26)/b8-7+. The number of benzene rings is 1. The Morgan fingerprint density at radius 1 is 1.29 bits per heavy atom. The molecule has 0 amide bonds. The highest BCUT2D eigenvalue weighted by atomic mass is 16.5. The van der Waals surface area contributed by atoms with Crippen molar-refractivity contribution >= 4 is 23.6 Å². The Balaban J connectivity index is 2.08. The SMILES string of the molecule is CCCn1c(N)c(C(=O)COC(=O)/C=C/c2cccc(OC)c2)c(=O)[nH]c1=O. The highest BCUT2D eigenvalue weighted by Gasteiger charge is 2.20. The molecule has 0 saturated carbocycles. The first-order valence-electron chi connectivity index (χ1n) is 8.52. The number of aromatic amines is 1. The van der Waals surface area contributed by atoms with Crippen molar-refractivity contribution in [3.63, 3.8) is 0 Å². The lowest BCUT2D eigenvalue weighted by Crippen LogP contribution is -2.37. The van der Waals surface area contributed by atoms with Gasteiger partial charge in [-0.1, -0.05) is 19.1 Å². The third kappa shape index (κ3) is 4.97. The first kappa shape index (κ1) is 20.7. The molecule has 2 rings (SSSR count).